The van der Waals surface area contributed by atoms with Crippen LogP contribution in [0.3, 0.4) is 0 Å². The lowest BCUT2D eigenvalue weighted by Gasteiger charge is -2.33. The molecule has 1 aromatic rings. The van der Waals surface area contributed by atoms with Gasteiger partial charge in [-0.1, -0.05) is 0 Å². The molecule has 0 atom stereocenters. The number of amides is 1. The third kappa shape index (κ3) is 5.00. The van der Waals surface area contributed by atoms with Crippen molar-refractivity contribution in [1.82, 2.24) is 4.90 Å². The summed E-state index contributed by atoms with van der Waals surface area (Å²) >= 11 is 3.27. The molecule has 0 aliphatic rings. The molecule has 0 saturated carbocycles. The van der Waals surface area contributed by atoms with Crippen molar-refractivity contribution in [3.63, 3.8) is 0 Å². The van der Waals surface area contributed by atoms with Crippen LogP contribution in [0, 0.1) is 5.82 Å². The molecule has 0 fully saturated rings. The number of halogens is 2. The maximum Gasteiger partial charge on any atom is 0.407 e. The number of rotatable bonds is 5. The minimum Gasteiger partial charge on any atom is -0.492 e. The monoisotopic (exact) mass is 347 g/mol. The maximum atomic E-state index is 13.1. The van der Waals surface area contributed by atoms with E-state index >= 15 is 0 Å². The first-order valence-electron chi connectivity index (χ1n) is 6.30. The zero-order valence-electron chi connectivity index (χ0n) is 11.8. The fraction of sp³-hybridized carbons (Fsp3) is 0.500. The summed E-state index contributed by atoms with van der Waals surface area (Å²) in [5, 5.41) is 9.13. The highest BCUT2D eigenvalue weighted by Gasteiger charge is 2.25. The van der Waals surface area contributed by atoms with Gasteiger partial charge in [0.1, 0.15) is 11.6 Å². The lowest BCUT2D eigenvalue weighted by molar-refractivity contribution is 0.0961. The number of nitrogens with zero attached hydrogens (tertiary/aromatic N) is 1. The van der Waals surface area contributed by atoms with Gasteiger partial charge < -0.3 is 14.7 Å². The van der Waals surface area contributed by atoms with Gasteiger partial charge in [0.15, 0.2) is 0 Å². The SMILES string of the molecule is CC(C)(C)N(CCCOc1cc(F)ccc1Br)C(=O)O. The van der Waals surface area contributed by atoms with Crippen LogP contribution in [0.15, 0.2) is 22.7 Å². The van der Waals surface area contributed by atoms with Crippen LogP contribution >= 0.6 is 15.9 Å². The molecule has 0 bridgehead atoms. The highest BCUT2D eigenvalue weighted by Crippen LogP contribution is 2.25. The number of carboxylic acid groups (broad SMARTS) is 1. The molecule has 0 unspecified atom stereocenters. The molecule has 0 aromatic heterocycles. The van der Waals surface area contributed by atoms with Crippen LogP contribution in [-0.2, 0) is 0 Å². The van der Waals surface area contributed by atoms with Crippen molar-refractivity contribution < 1.29 is 19.0 Å². The summed E-state index contributed by atoms with van der Waals surface area (Å²) < 4.78 is 19.2. The van der Waals surface area contributed by atoms with E-state index in [4.69, 9.17) is 9.84 Å². The molecule has 1 rings (SSSR count). The van der Waals surface area contributed by atoms with E-state index in [0.29, 0.717) is 29.8 Å². The number of hydrogen-bond acceptors (Lipinski definition) is 2. The lowest BCUT2D eigenvalue weighted by Crippen LogP contribution is -2.45. The van der Waals surface area contributed by atoms with E-state index in [1.54, 1.807) is 6.07 Å². The molecule has 4 nitrogen and oxygen atoms in total. The van der Waals surface area contributed by atoms with Crippen molar-refractivity contribution in [2.75, 3.05) is 13.2 Å². The number of carbonyl (C=O) groups is 1. The predicted octanol–water partition coefficient (Wildman–Crippen LogP) is 4.14. The van der Waals surface area contributed by atoms with Crippen LogP contribution in [0.25, 0.3) is 0 Å². The Morgan fingerprint density at radius 2 is 2.10 bits per heavy atom. The van der Waals surface area contributed by atoms with Crippen LogP contribution in [0.2, 0.25) is 0 Å². The minimum absolute atomic E-state index is 0.321. The summed E-state index contributed by atoms with van der Waals surface area (Å²) in [5.74, 6) is 0.0488. The van der Waals surface area contributed by atoms with E-state index in [1.165, 1.54) is 17.0 Å². The Labute approximate surface area is 126 Å². The van der Waals surface area contributed by atoms with E-state index in [0.717, 1.165) is 0 Å². The zero-order chi connectivity index (χ0) is 15.3. The van der Waals surface area contributed by atoms with Crippen molar-refractivity contribution in [2.24, 2.45) is 0 Å². The van der Waals surface area contributed by atoms with Gasteiger partial charge in [-0.05, 0) is 55.3 Å². The summed E-state index contributed by atoms with van der Waals surface area (Å²) in [6.07, 6.45) is -0.420. The molecular formula is C14H19BrFNO3. The summed E-state index contributed by atoms with van der Waals surface area (Å²) in [4.78, 5) is 12.5. The van der Waals surface area contributed by atoms with Gasteiger partial charge >= 0.3 is 6.09 Å². The molecule has 1 N–H and O–H groups in total. The van der Waals surface area contributed by atoms with Crippen LogP contribution < -0.4 is 4.74 Å². The molecule has 0 aliphatic carbocycles. The first-order valence-corrected chi connectivity index (χ1v) is 7.09. The van der Waals surface area contributed by atoms with Gasteiger partial charge in [0, 0.05) is 18.2 Å². The molecule has 0 spiro atoms. The summed E-state index contributed by atoms with van der Waals surface area (Å²) in [6, 6.07) is 4.20. The van der Waals surface area contributed by atoms with Gasteiger partial charge in [0.05, 0.1) is 11.1 Å². The number of benzene rings is 1. The van der Waals surface area contributed by atoms with E-state index in [1.807, 2.05) is 20.8 Å². The zero-order valence-corrected chi connectivity index (χ0v) is 13.4. The molecule has 0 heterocycles. The van der Waals surface area contributed by atoms with Gasteiger partial charge in [-0.2, -0.15) is 0 Å². The first-order chi connectivity index (χ1) is 9.21. The first kappa shape index (κ1) is 16.8. The van der Waals surface area contributed by atoms with Crippen LogP contribution in [0.4, 0.5) is 9.18 Å². The predicted molar refractivity (Wildman–Crippen MR) is 78.7 cm³/mol. The number of ether oxygens (including phenoxy) is 1. The van der Waals surface area contributed by atoms with Crippen molar-refractivity contribution in [3.8, 4) is 5.75 Å². The van der Waals surface area contributed by atoms with Crippen LogP contribution in [0.5, 0.6) is 5.75 Å². The molecule has 112 valence electrons. The van der Waals surface area contributed by atoms with Crippen molar-refractivity contribution >= 4 is 22.0 Å². The standard InChI is InChI=1S/C14H19BrFNO3/c1-14(2,3)17(13(18)19)7-4-8-20-12-9-10(16)5-6-11(12)15/h5-6,9H,4,7-8H2,1-3H3,(H,18,19). The topological polar surface area (TPSA) is 49.8 Å². The Hall–Kier alpha value is -1.30. The molecule has 0 radical (unpaired) electrons. The lowest BCUT2D eigenvalue weighted by atomic mass is 10.1. The second kappa shape index (κ2) is 6.92. The molecule has 6 heteroatoms. The average Bonchev–Trinajstić information content (AvgIpc) is 2.31. The van der Waals surface area contributed by atoms with Gasteiger partial charge in [0.25, 0.3) is 0 Å². The smallest absolute Gasteiger partial charge is 0.407 e. The van der Waals surface area contributed by atoms with E-state index in [2.05, 4.69) is 15.9 Å². The fourth-order valence-electron chi connectivity index (χ4n) is 1.71. The molecule has 1 amide bonds. The summed E-state index contributed by atoms with van der Waals surface area (Å²) in [6.45, 7) is 6.20. The van der Waals surface area contributed by atoms with Crippen LogP contribution in [-0.4, -0.2) is 34.8 Å². The Bertz CT molecular complexity index is 474. The fourth-order valence-corrected chi connectivity index (χ4v) is 2.07. The Kier molecular flexibility index (Phi) is 5.80. The molecular weight excluding hydrogens is 329 g/mol. The minimum atomic E-state index is -0.954. The maximum absolute atomic E-state index is 13.1. The van der Waals surface area contributed by atoms with E-state index < -0.39 is 11.6 Å². The van der Waals surface area contributed by atoms with Gasteiger partial charge in [-0.3, -0.25) is 0 Å². The van der Waals surface area contributed by atoms with Gasteiger partial charge in [-0.25, -0.2) is 9.18 Å². The number of hydrogen-bond donors (Lipinski definition) is 1. The Morgan fingerprint density at radius 3 is 2.65 bits per heavy atom. The third-order valence-electron chi connectivity index (χ3n) is 2.72. The van der Waals surface area contributed by atoms with Crippen molar-refractivity contribution in [2.45, 2.75) is 32.7 Å². The molecule has 1 aromatic carbocycles. The van der Waals surface area contributed by atoms with E-state index in [-0.39, 0.29) is 5.82 Å². The molecule has 20 heavy (non-hydrogen) atoms. The van der Waals surface area contributed by atoms with E-state index in [9.17, 15) is 9.18 Å². The second-order valence-corrected chi connectivity index (χ2v) is 6.24. The molecule has 0 saturated heterocycles. The summed E-state index contributed by atoms with van der Waals surface area (Å²) in [5.41, 5.74) is -0.453. The quantitative estimate of drug-likeness (QED) is 0.814. The Morgan fingerprint density at radius 1 is 1.45 bits per heavy atom. The van der Waals surface area contributed by atoms with Crippen molar-refractivity contribution in [1.29, 1.82) is 0 Å². The summed E-state index contributed by atoms with van der Waals surface area (Å²) in [7, 11) is 0. The van der Waals surface area contributed by atoms with Gasteiger partial charge in [0.2, 0.25) is 0 Å². The largest absolute Gasteiger partial charge is 0.492 e. The second-order valence-electron chi connectivity index (χ2n) is 5.38. The van der Waals surface area contributed by atoms with Gasteiger partial charge in [-0.15, -0.1) is 0 Å². The van der Waals surface area contributed by atoms with Crippen LogP contribution in [0.1, 0.15) is 27.2 Å². The highest BCUT2D eigenvalue weighted by molar-refractivity contribution is 9.10. The average molecular weight is 348 g/mol. The normalized spacial score (nSPS) is 11.2. The highest BCUT2D eigenvalue weighted by atomic mass is 79.9. The van der Waals surface area contributed by atoms with Crippen molar-refractivity contribution in [3.05, 3.63) is 28.5 Å². The molecule has 0 aliphatic heterocycles. The third-order valence-corrected chi connectivity index (χ3v) is 3.37. The Balaban J connectivity index is 2.48.